The maximum absolute atomic E-state index is 12.3. The summed E-state index contributed by atoms with van der Waals surface area (Å²) in [6, 6.07) is 18.2. The van der Waals surface area contributed by atoms with Gasteiger partial charge in [0.2, 0.25) is 0 Å². The third-order valence-corrected chi connectivity index (χ3v) is 4.06. The van der Waals surface area contributed by atoms with E-state index in [4.69, 9.17) is 4.74 Å². The smallest absolute Gasteiger partial charge is 0.338 e. The Morgan fingerprint density at radius 1 is 0.920 bits per heavy atom. The lowest BCUT2D eigenvalue weighted by molar-refractivity contribution is 0.0475. The Labute approximate surface area is 143 Å². The molecule has 0 radical (unpaired) electrons. The minimum atomic E-state index is -0.536. The van der Waals surface area contributed by atoms with Gasteiger partial charge >= 0.3 is 5.97 Å². The Bertz CT molecular complexity index is 1100. The number of nitrogens with zero attached hydrogens (tertiary/aromatic N) is 1. The highest BCUT2D eigenvalue weighted by atomic mass is 16.5. The van der Waals surface area contributed by atoms with Gasteiger partial charge in [-0.3, -0.25) is 4.79 Å². The number of Topliss-reactive ketones (excluding diaryl/α,β-unsaturated/α-hetero) is 1. The number of esters is 1. The summed E-state index contributed by atoms with van der Waals surface area (Å²) in [5.74, 6) is -0.771. The fraction of sp³-hybridized carbons (Fsp3) is 0.0500. The Balaban J connectivity index is 1.47. The number of hydrogen-bond donors (Lipinski definition) is 1. The zero-order chi connectivity index (χ0) is 17.2. The summed E-state index contributed by atoms with van der Waals surface area (Å²) in [5, 5.41) is 2.04. The van der Waals surface area contributed by atoms with Crippen molar-refractivity contribution in [2.24, 2.45) is 0 Å². The van der Waals surface area contributed by atoms with Crippen molar-refractivity contribution in [1.82, 2.24) is 9.97 Å². The number of rotatable bonds is 4. The molecule has 0 aliphatic rings. The van der Waals surface area contributed by atoms with Crippen molar-refractivity contribution in [3.05, 3.63) is 78.1 Å². The molecule has 0 unspecified atom stereocenters. The summed E-state index contributed by atoms with van der Waals surface area (Å²) in [4.78, 5) is 31.5. The average Bonchev–Trinajstić information content (AvgIpc) is 3.13. The molecular weight excluding hydrogens is 316 g/mol. The van der Waals surface area contributed by atoms with E-state index in [9.17, 15) is 9.59 Å². The van der Waals surface area contributed by atoms with Gasteiger partial charge in [-0.15, -0.1) is 0 Å². The van der Waals surface area contributed by atoms with E-state index in [-0.39, 0.29) is 12.4 Å². The average molecular weight is 330 g/mol. The number of aromatic amines is 1. The lowest BCUT2D eigenvalue weighted by Crippen LogP contribution is -2.14. The molecule has 0 aliphatic carbocycles. The van der Waals surface area contributed by atoms with Gasteiger partial charge in [-0.05, 0) is 35.0 Å². The fourth-order valence-corrected chi connectivity index (χ4v) is 2.72. The van der Waals surface area contributed by atoms with Gasteiger partial charge in [-0.2, -0.15) is 0 Å². The van der Waals surface area contributed by atoms with Gasteiger partial charge in [0.05, 0.1) is 22.9 Å². The van der Waals surface area contributed by atoms with Crippen LogP contribution in [0.3, 0.4) is 0 Å². The van der Waals surface area contributed by atoms with Crippen LogP contribution in [0.1, 0.15) is 20.7 Å². The first-order valence-electron chi connectivity index (χ1n) is 7.83. The highest BCUT2D eigenvalue weighted by Gasteiger charge is 2.13. The Morgan fingerprint density at radius 2 is 1.72 bits per heavy atom. The quantitative estimate of drug-likeness (QED) is 0.457. The zero-order valence-electron chi connectivity index (χ0n) is 13.2. The number of benzene rings is 3. The van der Waals surface area contributed by atoms with E-state index in [1.54, 1.807) is 30.6 Å². The molecule has 0 saturated heterocycles. The van der Waals surface area contributed by atoms with Crippen LogP contribution < -0.4 is 0 Å². The highest BCUT2D eigenvalue weighted by molar-refractivity contribution is 6.02. The molecule has 1 aromatic heterocycles. The number of hydrogen-bond acceptors (Lipinski definition) is 4. The first-order valence-corrected chi connectivity index (χ1v) is 7.83. The first-order chi connectivity index (χ1) is 12.2. The third kappa shape index (κ3) is 2.99. The second-order valence-corrected chi connectivity index (χ2v) is 5.70. The predicted octanol–water partition coefficient (Wildman–Crippen LogP) is 3.76. The van der Waals surface area contributed by atoms with Gasteiger partial charge in [0, 0.05) is 5.56 Å². The topological polar surface area (TPSA) is 72.1 Å². The molecule has 0 saturated carbocycles. The number of ether oxygens (including phenoxy) is 1. The molecule has 4 aromatic rings. The molecule has 0 aliphatic heterocycles. The van der Waals surface area contributed by atoms with E-state index in [1.807, 2.05) is 36.4 Å². The molecule has 0 bridgehead atoms. The lowest BCUT2D eigenvalue weighted by Gasteiger charge is -2.06. The van der Waals surface area contributed by atoms with Crippen molar-refractivity contribution >= 4 is 33.6 Å². The Kier molecular flexibility index (Phi) is 3.74. The number of H-pyrrole nitrogens is 1. The van der Waals surface area contributed by atoms with E-state index >= 15 is 0 Å². The van der Waals surface area contributed by atoms with Crippen LogP contribution in [-0.2, 0) is 4.74 Å². The van der Waals surface area contributed by atoms with Crippen LogP contribution in [0.15, 0.2) is 67.0 Å². The van der Waals surface area contributed by atoms with E-state index in [0.29, 0.717) is 11.1 Å². The van der Waals surface area contributed by atoms with Crippen molar-refractivity contribution < 1.29 is 14.3 Å². The van der Waals surface area contributed by atoms with Crippen LogP contribution in [0.5, 0.6) is 0 Å². The number of carbonyl (C=O) groups excluding carboxylic acids is 2. The predicted molar refractivity (Wildman–Crippen MR) is 94.7 cm³/mol. The summed E-state index contributed by atoms with van der Waals surface area (Å²) < 4.78 is 5.16. The number of carbonyl (C=O) groups is 2. The van der Waals surface area contributed by atoms with Crippen LogP contribution in [0.4, 0.5) is 0 Å². The van der Waals surface area contributed by atoms with Gasteiger partial charge in [-0.25, -0.2) is 9.78 Å². The molecule has 1 N–H and O–H groups in total. The molecule has 5 heteroatoms. The normalized spacial score (nSPS) is 10.9. The van der Waals surface area contributed by atoms with Gasteiger partial charge in [0.15, 0.2) is 12.4 Å². The van der Waals surface area contributed by atoms with Crippen molar-refractivity contribution in [3.8, 4) is 0 Å². The molecule has 0 spiro atoms. The molecule has 0 amide bonds. The van der Waals surface area contributed by atoms with Crippen molar-refractivity contribution in [2.75, 3.05) is 6.61 Å². The van der Waals surface area contributed by atoms with E-state index in [1.165, 1.54) is 0 Å². The standard InChI is InChI=1S/C20H14N2O3/c23-19(15-6-5-13-3-1-2-4-14(13)9-15)11-25-20(24)16-7-8-17-18(10-16)22-12-21-17/h1-10,12H,11H2,(H,21,22). The second-order valence-electron chi connectivity index (χ2n) is 5.70. The third-order valence-electron chi connectivity index (χ3n) is 4.06. The highest BCUT2D eigenvalue weighted by Crippen LogP contribution is 2.17. The van der Waals surface area contributed by atoms with E-state index < -0.39 is 5.97 Å². The molecule has 0 fully saturated rings. The largest absolute Gasteiger partial charge is 0.454 e. The summed E-state index contributed by atoms with van der Waals surface area (Å²) in [6.45, 7) is -0.293. The maximum Gasteiger partial charge on any atom is 0.338 e. The Hall–Kier alpha value is -3.47. The minimum absolute atomic E-state index is 0.235. The monoisotopic (exact) mass is 330 g/mol. The maximum atomic E-state index is 12.3. The molecule has 5 nitrogen and oxygen atoms in total. The number of nitrogens with one attached hydrogen (secondary N) is 1. The van der Waals surface area contributed by atoms with E-state index in [2.05, 4.69) is 9.97 Å². The van der Waals surface area contributed by atoms with Crippen LogP contribution in [0.2, 0.25) is 0 Å². The van der Waals surface area contributed by atoms with Gasteiger partial charge in [0.25, 0.3) is 0 Å². The fourth-order valence-electron chi connectivity index (χ4n) is 2.72. The van der Waals surface area contributed by atoms with Crippen LogP contribution >= 0.6 is 0 Å². The minimum Gasteiger partial charge on any atom is -0.454 e. The van der Waals surface area contributed by atoms with Crippen LogP contribution in [0.25, 0.3) is 21.8 Å². The number of aromatic nitrogens is 2. The van der Waals surface area contributed by atoms with Crippen LogP contribution in [-0.4, -0.2) is 28.3 Å². The van der Waals surface area contributed by atoms with Crippen molar-refractivity contribution in [2.45, 2.75) is 0 Å². The number of ketones is 1. The summed E-state index contributed by atoms with van der Waals surface area (Å²) in [6.07, 6.45) is 1.56. The molecule has 3 aromatic carbocycles. The summed E-state index contributed by atoms with van der Waals surface area (Å²) in [7, 11) is 0. The number of imidazole rings is 1. The van der Waals surface area contributed by atoms with Crippen molar-refractivity contribution in [3.63, 3.8) is 0 Å². The lowest BCUT2D eigenvalue weighted by atomic mass is 10.0. The SMILES string of the molecule is O=C(COC(=O)c1ccc2nc[nH]c2c1)c1ccc2ccccc2c1. The van der Waals surface area contributed by atoms with Gasteiger partial charge < -0.3 is 9.72 Å². The summed E-state index contributed by atoms with van der Waals surface area (Å²) in [5.41, 5.74) is 2.41. The van der Waals surface area contributed by atoms with E-state index in [0.717, 1.165) is 21.8 Å². The van der Waals surface area contributed by atoms with Crippen molar-refractivity contribution in [1.29, 1.82) is 0 Å². The molecule has 4 rings (SSSR count). The first kappa shape index (κ1) is 15.1. The van der Waals surface area contributed by atoms with Crippen LogP contribution in [0, 0.1) is 0 Å². The molecule has 25 heavy (non-hydrogen) atoms. The number of fused-ring (bicyclic) bond motifs is 2. The van der Waals surface area contributed by atoms with Gasteiger partial charge in [-0.1, -0.05) is 36.4 Å². The molecule has 1 heterocycles. The van der Waals surface area contributed by atoms with Gasteiger partial charge in [0.1, 0.15) is 0 Å². The zero-order valence-corrected chi connectivity index (χ0v) is 13.2. The molecule has 0 atom stereocenters. The summed E-state index contributed by atoms with van der Waals surface area (Å²) >= 11 is 0. The second kappa shape index (κ2) is 6.20. The molecule has 122 valence electrons. The molecular formula is C20H14N2O3. The Morgan fingerprint density at radius 3 is 2.60 bits per heavy atom.